The summed E-state index contributed by atoms with van der Waals surface area (Å²) in [6.45, 7) is 2.18. The van der Waals surface area contributed by atoms with E-state index in [1.165, 1.54) is 52.3 Å². The average Bonchev–Trinajstić information content (AvgIpc) is 2.64. The van der Waals surface area contributed by atoms with Crippen molar-refractivity contribution in [2.45, 2.75) is 32.6 Å². The maximum absolute atomic E-state index is 3.67. The number of aryl methyl sites for hydroxylation is 3. The minimum Gasteiger partial charge on any atom is -0.358 e. The van der Waals surface area contributed by atoms with E-state index in [1.807, 2.05) is 0 Å². The van der Waals surface area contributed by atoms with Crippen LogP contribution >= 0.6 is 15.9 Å². The number of H-pyrrole nitrogens is 1. The number of rotatable bonds is 0. The number of benzene rings is 1. The van der Waals surface area contributed by atoms with Gasteiger partial charge < -0.3 is 4.98 Å². The highest BCUT2D eigenvalue weighted by Gasteiger charge is 2.17. The molecule has 0 amide bonds. The van der Waals surface area contributed by atoms with Crippen LogP contribution in [0.2, 0.25) is 0 Å². The highest BCUT2D eigenvalue weighted by molar-refractivity contribution is 9.10. The predicted octanol–water partition coefficient (Wildman–Crippen LogP) is 4.12. The molecule has 1 aliphatic rings. The Bertz CT molecular complexity index is 525. The zero-order valence-electron chi connectivity index (χ0n) is 8.86. The SMILES string of the molecule is Cc1ccc(Br)c2c3c([nH]c12)CCCC3. The summed E-state index contributed by atoms with van der Waals surface area (Å²) in [7, 11) is 0. The van der Waals surface area contributed by atoms with Gasteiger partial charge in [-0.25, -0.2) is 0 Å². The van der Waals surface area contributed by atoms with Crippen molar-refractivity contribution < 1.29 is 0 Å². The molecule has 0 bridgehead atoms. The molecule has 15 heavy (non-hydrogen) atoms. The molecule has 1 nitrogen and oxygen atoms in total. The Labute approximate surface area is 98.0 Å². The first kappa shape index (κ1) is 9.46. The number of hydrogen-bond acceptors (Lipinski definition) is 0. The second-order valence-corrected chi connectivity index (χ2v) is 5.26. The van der Waals surface area contributed by atoms with Gasteiger partial charge in [-0.15, -0.1) is 0 Å². The zero-order chi connectivity index (χ0) is 10.4. The lowest BCUT2D eigenvalue weighted by Gasteiger charge is -2.10. The molecule has 1 aliphatic carbocycles. The smallest absolute Gasteiger partial charge is 0.0500 e. The minimum atomic E-state index is 1.22. The van der Waals surface area contributed by atoms with Crippen LogP contribution in [-0.4, -0.2) is 4.98 Å². The Morgan fingerprint density at radius 1 is 1.20 bits per heavy atom. The van der Waals surface area contributed by atoms with Gasteiger partial charge in [0.05, 0.1) is 0 Å². The molecule has 2 heteroatoms. The molecule has 0 spiro atoms. The number of fused-ring (bicyclic) bond motifs is 3. The second kappa shape index (κ2) is 3.38. The van der Waals surface area contributed by atoms with Crippen molar-refractivity contribution >= 4 is 26.8 Å². The monoisotopic (exact) mass is 263 g/mol. The molecular formula is C13H14BrN. The van der Waals surface area contributed by atoms with E-state index in [-0.39, 0.29) is 0 Å². The van der Waals surface area contributed by atoms with Gasteiger partial charge in [0.25, 0.3) is 0 Å². The van der Waals surface area contributed by atoms with Crippen LogP contribution in [0.5, 0.6) is 0 Å². The molecule has 0 saturated heterocycles. The molecule has 0 unspecified atom stereocenters. The molecule has 2 aromatic rings. The van der Waals surface area contributed by atoms with E-state index in [2.05, 4.69) is 40.0 Å². The van der Waals surface area contributed by atoms with E-state index in [0.29, 0.717) is 0 Å². The second-order valence-electron chi connectivity index (χ2n) is 4.40. The third-order valence-corrected chi connectivity index (χ3v) is 4.07. The van der Waals surface area contributed by atoms with Gasteiger partial charge in [0.1, 0.15) is 0 Å². The van der Waals surface area contributed by atoms with Crippen LogP contribution in [-0.2, 0) is 12.8 Å². The lowest BCUT2D eigenvalue weighted by Crippen LogP contribution is -2.00. The Balaban J connectivity index is 2.41. The van der Waals surface area contributed by atoms with Gasteiger partial charge >= 0.3 is 0 Å². The first-order chi connectivity index (χ1) is 7.27. The maximum Gasteiger partial charge on any atom is 0.0500 e. The maximum atomic E-state index is 3.67. The number of nitrogens with one attached hydrogen (secondary N) is 1. The molecule has 0 aliphatic heterocycles. The first-order valence-corrected chi connectivity index (χ1v) is 6.35. The lowest BCUT2D eigenvalue weighted by molar-refractivity contribution is 0.680. The average molecular weight is 264 g/mol. The van der Waals surface area contributed by atoms with E-state index in [1.54, 1.807) is 5.56 Å². The van der Waals surface area contributed by atoms with E-state index in [9.17, 15) is 0 Å². The van der Waals surface area contributed by atoms with Crippen molar-refractivity contribution in [2.24, 2.45) is 0 Å². The molecule has 0 fully saturated rings. The van der Waals surface area contributed by atoms with Gasteiger partial charge in [0.2, 0.25) is 0 Å². The molecule has 1 aromatic carbocycles. The third kappa shape index (κ3) is 1.35. The number of aromatic nitrogens is 1. The summed E-state index contributed by atoms with van der Waals surface area (Å²) in [4.78, 5) is 3.60. The quantitative estimate of drug-likeness (QED) is 0.736. The van der Waals surface area contributed by atoms with E-state index in [4.69, 9.17) is 0 Å². The third-order valence-electron chi connectivity index (χ3n) is 3.41. The highest BCUT2D eigenvalue weighted by Crippen LogP contribution is 2.35. The highest BCUT2D eigenvalue weighted by atomic mass is 79.9. The normalized spacial score (nSPS) is 15.6. The molecule has 1 aromatic heterocycles. The summed E-state index contributed by atoms with van der Waals surface area (Å²) >= 11 is 3.67. The van der Waals surface area contributed by atoms with Crippen LogP contribution in [0.1, 0.15) is 29.7 Å². The Morgan fingerprint density at radius 3 is 2.87 bits per heavy atom. The van der Waals surface area contributed by atoms with Crippen LogP contribution in [0.4, 0.5) is 0 Å². The van der Waals surface area contributed by atoms with Crippen molar-refractivity contribution in [2.75, 3.05) is 0 Å². The van der Waals surface area contributed by atoms with Crippen molar-refractivity contribution in [1.29, 1.82) is 0 Å². The first-order valence-electron chi connectivity index (χ1n) is 5.56. The fourth-order valence-electron chi connectivity index (χ4n) is 2.61. The molecule has 1 N–H and O–H groups in total. The van der Waals surface area contributed by atoms with Crippen LogP contribution in [0.25, 0.3) is 10.9 Å². The van der Waals surface area contributed by atoms with Crippen LogP contribution in [0, 0.1) is 6.92 Å². The zero-order valence-corrected chi connectivity index (χ0v) is 10.4. The van der Waals surface area contributed by atoms with Crippen molar-refractivity contribution in [1.82, 2.24) is 4.98 Å². The summed E-state index contributed by atoms with van der Waals surface area (Å²) in [6.07, 6.45) is 5.12. The Hall–Kier alpha value is -0.760. The van der Waals surface area contributed by atoms with Gasteiger partial charge in [0.15, 0.2) is 0 Å². The molecule has 78 valence electrons. The Kier molecular flexibility index (Phi) is 2.13. The summed E-state index contributed by atoms with van der Waals surface area (Å²) in [6, 6.07) is 4.34. The summed E-state index contributed by atoms with van der Waals surface area (Å²) in [5, 5.41) is 1.42. The van der Waals surface area contributed by atoms with Crippen LogP contribution < -0.4 is 0 Å². The summed E-state index contributed by atoms with van der Waals surface area (Å²) in [5.41, 5.74) is 5.69. The summed E-state index contributed by atoms with van der Waals surface area (Å²) in [5.74, 6) is 0. The van der Waals surface area contributed by atoms with E-state index < -0.39 is 0 Å². The predicted molar refractivity (Wildman–Crippen MR) is 67.4 cm³/mol. The molecule has 0 atom stereocenters. The lowest BCUT2D eigenvalue weighted by atomic mass is 9.95. The number of hydrogen-bond donors (Lipinski definition) is 1. The summed E-state index contributed by atoms with van der Waals surface area (Å²) < 4.78 is 1.24. The molecule has 3 rings (SSSR count). The molecule has 1 heterocycles. The number of aromatic amines is 1. The van der Waals surface area contributed by atoms with E-state index in [0.717, 1.165) is 0 Å². The van der Waals surface area contributed by atoms with Crippen molar-refractivity contribution in [3.63, 3.8) is 0 Å². The molecular weight excluding hydrogens is 250 g/mol. The Morgan fingerprint density at radius 2 is 2.00 bits per heavy atom. The molecule has 0 radical (unpaired) electrons. The number of halogens is 1. The van der Waals surface area contributed by atoms with E-state index >= 15 is 0 Å². The largest absolute Gasteiger partial charge is 0.358 e. The van der Waals surface area contributed by atoms with Crippen molar-refractivity contribution in [3.8, 4) is 0 Å². The minimum absolute atomic E-state index is 1.22. The van der Waals surface area contributed by atoms with Crippen LogP contribution in [0.3, 0.4) is 0 Å². The van der Waals surface area contributed by atoms with Gasteiger partial charge in [-0.2, -0.15) is 0 Å². The van der Waals surface area contributed by atoms with Gasteiger partial charge in [0, 0.05) is 21.1 Å². The van der Waals surface area contributed by atoms with Crippen LogP contribution in [0.15, 0.2) is 16.6 Å². The topological polar surface area (TPSA) is 15.8 Å². The van der Waals surface area contributed by atoms with Gasteiger partial charge in [-0.1, -0.05) is 22.0 Å². The molecule has 0 saturated carbocycles. The fourth-order valence-corrected chi connectivity index (χ4v) is 3.18. The van der Waals surface area contributed by atoms with Gasteiger partial charge in [-0.05, 0) is 49.8 Å². The fraction of sp³-hybridized carbons (Fsp3) is 0.385. The van der Waals surface area contributed by atoms with Gasteiger partial charge in [-0.3, -0.25) is 0 Å². The standard InChI is InChI=1S/C13H14BrN/c1-8-6-7-10(14)12-9-4-2-3-5-11(9)15-13(8)12/h6-7,15H,2-5H2,1H3. The van der Waals surface area contributed by atoms with Crippen molar-refractivity contribution in [3.05, 3.63) is 33.4 Å².